The van der Waals surface area contributed by atoms with Crippen molar-refractivity contribution in [3.8, 4) is 0 Å². The van der Waals surface area contributed by atoms with Crippen molar-refractivity contribution in [2.24, 2.45) is 5.16 Å². The van der Waals surface area contributed by atoms with E-state index in [2.05, 4.69) is 5.16 Å². The molecule has 1 fully saturated rings. The van der Waals surface area contributed by atoms with Gasteiger partial charge in [0.25, 0.3) is 0 Å². The summed E-state index contributed by atoms with van der Waals surface area (Å²) in [5.74, 6) is 0. The molecule has 0 aromatic heterocycles. The van der Waals surface area contributed by atoms with Gasteiger partial charge < -0.3 is 15.2 Å². The summed E-state index contributed by atoms with van der Waals surface area (Å²) in [6.07, 6.45) is -1.55. The maximum Gasteiger partial charge on any atom is 1.00 e. The summed E-state index contributed by atoms with van der Waals surface area (Å²) >= 11 is 0. The monoisotopic (exact) mass is 295 g/mol. The van der Waals surface area contributed by atoms with Crippen LogP contribution in [0.3, 0.4) is 0 Å². The van der Waals surface area contributed by atoms with Gasteiger partial charge in [-0.15, -0.1) is 0 Å². The molecule has 7 heteroatoms. The van der Waals surface area contributed by atoms with Crippen molar-refractivity contribution in [2.75, 3.05) is 6.50 Å². The van der Waals surface area contributed by atoms with Crippen LogP contribution in [0.1, 0.15) is 32.1 Å². The summed E-state index contributed by atoms with van der Waals surface area (Å²) in [5.41, 5.74) is -0.168. The zero-order chi connectivity index (χ0) is 12.6. The predicted octanol–water partition coefficient (Wildman–Crippen LogP) is -7.47. The van der Waals surface area contributed by atoms with Crippen LogP contribution in [-0.4, -0.2) is 23.3 Å². The van der Waals surface area contributed by atoms with Crippen molar-refractivity contribution in [3.05, 3.63) is 11.8 Å². The Bertz CT molecular complexity index is 308. The SMILES string of the molecule is [3H]C1C(=N[O-])CC([3H])([3H])N(O[CH-]C)C1([3H])C.[K+].[K+].[K+]. The fraction of sp³-hybridized carbons (Fsp3) is 0.750. The third-order valence-electron chi connectivity index (χ3n) is 1.43. The number of rotatable bonds is 2. The summed E-state index contributed by atoms with van der Waals surface area (Å²) in [5, 5.41) is 13.9. The van der Waals surface area contributed by atoms with E-state index >= 15 is 0 Å². The second kappa shape index (κ2) is 14.7. The first-order chi connectivity index (χ1) is 7.27. The number of hydrogen-bond acceptors (Lipinski definition) is 4. The number of piperidine rings is 1. The van der Waals surface area contributed by atoms with Crippen molar-refractivity contribution in [1.82, 2.24) is 5.06 Å². The van der Waals surface area contributed by atoms with Gasteiger partial charge in [-0.3, -0.25) is 0 Å². The Balaban J connectivity index is -0.000000853. The number of hydroxylamine groups is 2. The van der Waals surface area contributed by atoms with Crippen molar-refractivity contribution >= 4 is 5.71 Å². The van der Waals surface area contributed by atoms with E-state index in [1.165, 1.54) is 13.5 Å². The Morgan fingerprint density at radius 2 is 2.27 bits per heavy atom. The van der Waals surface area contributed by atoms with Gasteiger partial charge in [-0.05, 0) is 13.3 Å². The molecule has 0 aromatic rings. The Labute approximate surface area is 225 Å². The first-order valence-corrected chi connectivity index (χ1v) is 3.63. The Kier molecular flexibility index (Phi) is 15.4. The molecule has 2 unspecified atom stereocenters. The van der Waals surface area contributed by atoms with Crippen LogP contribution in [0.5, 0.6) is 0 Å². The fourth-order valence-electron chi connectivity index (χ4n) is 0.913. The molecule has 0 aliphatic carbocycles. The minimum absolute atomic E-state index is 0. The second-order valence-corrected chi connectivity index (χ2v) is 2.34. The zero-order valence-electron chi connectivity index (χ0n) is 14.1. The summed E-state index contributed by atoms with van der Waals surface area (Å²) in [4.78, 5) is 4.95. The topological polar surface area (TPSA) is 47.9 Å². The van der Waals surface area contributed by atoms with E-state index < -0.39 is 18.9 Å². The third-order valence-corrected chi connectivity index (χ3v) is 1.43. The van der Waals surface area contributed by atoms with Crippen molar-refractivity contribution < 1.29 is 164 Å². The second-order valence-electron chi connectivity index (χ2n) is 2.34. The van der Waals surface area contributed by atoms with Crippen molar-refractivity contribution in [3.63, 3.8) is 0 Å². The molecule has 1 saturated heterocycles. The van der Waals surface area contributed by atoms with Gasteiger partial charge in [0.15, 0.2) is 0 Å². The van der Waals surface area contributed by atoms with E-state index in [4.69, 9.17) is 10.3 Å². The minimum Gasteiger partial charge on any atom is -0.792 e. The van der Waals surface area contributed by atoms with E-state index in [0.717, 1.165) is 5.06 Å². The van der Waals surface area contributed by atoms with Crippen molar-refractivity contribution in [1.29, 1.82) is 0 Å². The predicted molar refractivity (Wildman–Crippen MR) is 47.3 cm³/mol. The largest absolute Gasteiger partial charge is 1.00 e. The molecule has 2 atom stereocenters. The van der Waals surface area contributed by atoms with Gasteiger partial charge in [-0.1, -0.05) is 0 Å². The standard InChI is InChI=1S/C8H15N2O2.3K/c1-3-12-10-5-4-8(9-11)6-7(10)2;;;/h3,7,11H,4-6H2,1-2H3;;;/q-1;3*+1/p-1/i5T2,6T,7T;;;. The van der Waals surface area contributed by atoms with Crippen LogP contribution in [-0.2, 0) is 4.84 Å². The van der Waals surface area contributed by atoms with Crippen LogP contribution in [0.2, 0.25) is 0 Å². The summed E-state index contributed by atoms with van der Waals surface area (Å²) < 4.78 is 31.0. The molecule has 0 radical (unpaired) electrons. The molecule has 1 aliphatic rings. The maximum atomic E-state index is 10.5. The van der Waals surface area contributed by atoms with Crippen LogP contribution < -0.4 is 154 Å². The van der Waals surface area contributed by atoms with E-state index in [-0.39, 0.29) is 166 Å². The molecule has 0 N–H and O–H groups in total. The average molecular weight is 296 g/mol. The molecule has 0 saturated carbocycles. The molecule has 1 rings (SSSR count). The normalized spacial score (nSPS) is 40.7. The number of hydrogen-bond donors (Lipinski definition) is 0. The first kappa shape index (κ1) is 15.7. The van der Waals surface area contributed by atoms with Crippen LogP contribution in [0, 0.1) is 11.8 Å². The molecule has 0 amide bonds. The van der Waals surface area contributed by atoms with E-state index in [0.29, 0.717) is 0 Å². The molecular weight excluding hydrogens is 273 g/mol. The van der Waals surface area contributed by atoms with Gasteiger partial charge in [0.05, 0.1) is 0 Å². The molecule has 0 aromatic carbocycles. The molecule has 0 spiro atoms. The van der Waals surface area contributed by atoms with Gasteiger partial charge in [0, 0.05) is 30.1 Å². The Hall–Kier alpha value is 4.30. The fourth-order valence-corrected chi connectivity index (χ4v) is 0.913. The molecular formula is C8H14K3N2O2+. The summed E-state index contributed by atoms with van der Waals surface area (Å²) in [6.45, 7) is 2.07. The van der Waals surface area contributed by atoms with Crippen molar-refractivity contribution in [2.45, 2.75) is 32.7 Å². The molecule has 1 heterocycles. The third kappa shape index (κ3) is 9.78. The van der Waals surface area contributed by atoms with Gasteiger partial charge in [0.2, 0.25) is 0 Å². The average Bonchev–Trinajstić information content (AvgIpc) is 2.19. The van der Waals surface area contributed by atoms with E-state index in [9.17, 15) is 5.21 Å². The van der Waals surface area contributed by atoms with Gasteiger partial charge >= 0.3 is 154 Å². The van der Waals surface area contributed by atoms with Crippen LogP contribution in [0.4, 0.5) is 0 Å². The minimum atomic E-state index is -2.02. The van der Waals surface area contributed by atoms with Gasteiger partial charge in [-0.25, -0.2) is 5.06 Å². The van der Waals surface area contributed by atoms with Gasteiger partial charge in [0.1, 0.15) is 0 Å². The van der Waals surface area contributed by atoms with Crippen LogP contribution in [0.25, 0.3) is 0 Å². The maximum absolute atomic E-state index is 10.5. The first-order valence-electron chi connectivity index (χ1n) is 5.71. The van der Waals surface area contributed by atoms with Crippen LogP contribution in [0.15, 0.2) is 5.16 Å². The zero-order valence-corrected chi connectivity index (χ0v) is 19.4. The molecule has 4 nitrogen and oxygen atoms in total. The van der Waals surface area contributed by atoms with E-state index in [1.54, 1.807) is 6.92 Å². The number of nitrogens with zero attached hydrogens (tertiary/aromatic N) is 2. The van der Waals surface area contributed by atoms with Crippen LogP contribution >= 0.6 is 0 Å². The molecule has 1 aliphatic heterocycles. The molecule has 15 heavy (non-hydrogen) atoms. The Morgan fingerprint density at radius 1 is 1.67 bits per heavy atom. The molecule has 70 valence electrons. The smallest absolute Gasteiger partial charge is 0.792 e. The summed E-state index contributed by atoms with van der Waals surface area (Å²) in [7, 11) is 0. The molecule has 0 bridgehead atoms. The quantitative estimate of drug-likeness (QED) is 0.289. The van der Waals surface area contributed by atoms with Gasteiger partial charge in [-0.2, -0.15) is 13.5 Å². The Morgan fingerprint density at radius 3 is 2.73 bits per heavy atom. The van der Waals surface area contributed by atoms with E-state index in [1.807, 2.05) is 0 Å². The summed E-state index contributed by atoms with van der Waals surface area (Å²) in [6, 6.07) is -1.70.